The normalized spacial score (nSPS) is 19.0. The zero-order valence-corrected chi connectivity index (χ0v) is 22.1. The largest absolute Gasteiger partial charge is 0.481 e. The molecule has 1 heterocycles. The molecule has 1 fully saturated rings. The lowest BCUT2D eigenvalue weighted by molar-refractivity contribution is -0.140. The molecule has 0 bridgehead atoms. The van der Waals surface area contributed by atoms with Gasteiger partial charge in [-0.1, -0.05) is 0 Å². The van der Waals surface area contributed by atoms with Gasteiger partial charge in [0.25, 0.3) is 0 Å². The van der Waals surface area contributed by atoms with Crippen LogP contribution >= 0.6 is 0 Å². The average molecular weight is 511 g/mol. The molecule has 2 aromatic rings. The number of rotatable bonds is 7. The van der Waals surface area contributed by atoms with Gasteiger partial charge in [-0.25, -0.2) is 19.5 Å². The molecule has 3 rings (SSSR count). The van der Waals surface area contributed by atoms with E-state index in [9.17, 15) is 19.5 Å². The van der Waals surface area contributed by atoms with Gasteiger partial charge in [0.15, 0.2) is 0 Å². The molecule has 0 aliphatic heterocycles. The summed E-state index contributed by atoms with van der Waals surface area (Å²) in [6.45, 7) is 10.3. The first-order valence-electron chi connectivity index (χ1n) is 12.2. The maximum Gasteiger partial charge on any atom is 0.419 e. The Labute approximate surface area is 216 Å². The van der Waals surface area contributed by atoms with Crippen LogP contribution in [0.1, 0.15) is 72.1 Å². The topological polar surface area (TPSA) is 135 Å². The number of carboxylic acids is 1. The summed E-state index contributed by atoms with van der Waals surface area (Å²) in [6, 6.07) is 8.97. The highest BCUT2D eigenvalue weighted by atomic mass is 16.6. The van der Waals surface area contributed by atoms with Crippen LogP contribution < -0.4 is 0 Å². The molecule has 1 aliphatic rings. The average Bonchev–Trinajstić information content (AvgIpc) is 3.30. The Hall–Kier alpha value is -3.87. The number of hydrogen-bond acceptors (Lipinski definition) is 7. The second-order valence-corrected chi connectivity index (χ2v) is 11.3. The lowest BCUT2D eigenvalue weighted by Crippen LogP contribution is -2.44. The Balaban J connectivity index is 1.69. The van der Waals surface area contributed by atoms with Gasteiger partial charge >= 0.3 is 18.2 Å². The Bertz CT molecular complexity index is 1170. The number of aliphatic carboxylic acids is 1. The highest BCUT2D eigenvalue weighted by Crippen LogP contribution is 2.56. The molecule has 2 atom stereocenters. The molecule has 1 N–H and O–H groups in total. The van der Waals surface area contributed by atoms with Gasteiger partial charge in [-0.2, -0.15) is 5.26 Å². The predicted octanol–water partition coefficient (Wildman–Crippen LogP) is 5.04. The van der Waals surface area contributed by atoms with Crippen LogP contribution in [0, 0.1) is 17.2 Å². The fourth-order valence-corrected chi connectivity index (χ4v) is 4.15. The van der Waals surface area contributed by atoms with Gasteiger partial charge in [0.1, 0.15) is 16.6 Å². The van der Waals surface area contributed by atoms with Crippen molar-refractivity contribution in [1.29, 1.82) is 5.26 Å². The van der Waals surface area contributed by atoms with Crippen molar-refractivity contribution in [2.24, 2.45) is 5.92 Å². The third-order valence-corrected chi connectivity index (χ3v) is 5.98. The van der Waals surface area contributed by atoms with Crippen LogP contribution in [0.4, 0.5) is 9.59 Å². The summed E-state index contributed by atoms with van der Waals surface area (Å²) in [5.74, 6) is -1.16. The molecule has 198 valence electrons. The van der Waals surface area contributed by atoms with E-state index < -0.39 is 34.8 Å². The number of nitrogens with zero attached hydrogens (tertiary/aromatic N) is 4. The molecule has 1 aliphatic carbocycles. The van der Waals surface area contributed by atoms with Gasteiger partial charge in [-0.15, -0.1) is 0 Å². The summed E-state index contributed by atoms with van der Waals surface area (Å²) in [5.41, 5.74) is -0.966. The number of benzene rings is 1. The minimum Gasteiger partial charge on any atom is -0.481 e. The van der Waals surface area contributed by atoms with Crippen LogP contribution in [0.25, 0.3) is 5.69 Å². The van der Waals surface area contributed by atoms with Crippen LogP contribution in [0.5, 0.6) is 0 Å². The fraction of sp³-hybridized carbons (Fsp3) is 0.519. The van der Waals surface area contributed by atoms with Crippen LogP contribution in [-0.4, -0.2) is 55.5 Å². The molecule has 2 unspecified atom stereocenters. The number of ether oxygens (including phenoxy) is 2. The molecule has 37 heavy (non-hydrogen) atoms. The molecular formula is C27H34N4O6. The summed E-state index contributed by atoms with van der Waals surface area (Å²) in [6.07, 6.45) is 2.91. The highest BCUT2D eigenvalue weighted by Gasteiger charge is 2.62. The Morgan fingerprint density at radius 3 is 2.16 bits per heavy atom. The van der Waals surface area contributed by atoms with Crippen molar-refractivity contribution in [3.05, 3.63) is 48.0 Å². The van der Waals surface area contributed by atoms with E-state index in [1.807, 2.05) is 0 Å². The third kappa shape index (κ3) is 6.67. The maximum atomic E-state index is 12.7. The zero-order valence-electron chi connectivity index (χ0n) is 22.1. The number of carbonyl (C=O) groups excluding carboxylic acids is 2. The monoisotopic (exact) mass is 510 g/mol. The molecule has 10 heteroatoms. The number of carboxylic acid groups (broad SMARTS) is 1. The van der Waals surface area contributed by atoms with Crippen LogP contribution in [0.15, 0.2) is 36.8 Å². The number of nitriles is 1. The van der Waals surface area contributed by atoms with E-state index in [0.717, 1.165) is 10.6 Å². The number of hydrogen-bond donors (Lipinski definition) is 1. The van der Waals surface area contributed by atoms with Gasteiger partial charge in [0, 0.05) is 18.4 Å². The molecule has 0 saturated heterocycles. The van der Waals surface area contributed by atoms with Crippen LogP contribution in [0.2, 0.25) is 0 Å². The second kappa shape index (κ2) is 10.2. The lowest BCUT2D eigenvalue weighted by Gasteiger charge is -2.28. The molecule has 0 radical (unpaired) electrons. The van der Waals surface area contributed by atoms with Gasteiger partial charge in [0.2, 0.25) is 0 Å². The molecule has 0 spiro atoms. The number of imidazole rings is 1. The van der Waals surface area contributed by atoms with Crippen molar-refractivity contribution in [1.82, 2.24) is 14.5 Å². The Morgan fingerprint density at radius 1 is 1.11 bits per heavy atom. The standard InChI is InChI=1S/C27H34N4O6/c1-25(2,3)36-23(34)31(24(35)37-26(4,5)6)13-7-8-19-14-27(19,22(32)33)21-16-30(17-29-21)20-11-9-18(15-28)10-12-20/h9-12,16-17,19H,7-8,13-14H2,1-6H3,(H,32,33). The molecule has 1 saturated carbocycles. The Kier molecular flexibility index (Phi) is 7.67. The van der Waals surface area contributed by atoms with E-state index in [1.54, 1.807) is 82.9 Å². The summed E-state index contributed by atoms with van der Waals surface area (Å²) in [4.78, 5) is 43.0. The lowest BCUT2D eigenvalue weighted by atomic mass is 9.97. The SMILES string of the molecule is CC(C)(C)OC(=O)N(CCCC1CC1(C(=O)O)c1cn(-c2ccc(C#N)cc2)cn1)C(=O)OC(C)(C)C. The zero-order chi connectivity index (χ0) is 27.6. The fourth-order valence-electron chi connectivity index (χ4n) is 4.15. The van der Waals surface area contributed by atoms with Crippen molar-refractivity contribution in [2.75, 3.05) is 6.54 Å². The minimum absolute atomic E-state index is 0.0374. The summed E-state index contributed by atoms with van der Waals surface area (Å²) < 4.78 is 12.5. The molecule has 1 aromatic heterocycles. The van der Waals surface area contributed by atoms with Crippen molar-refractivity contribution in [3.63, 3.8) is 0 Å². The maximum absolute atomic E-state index is 12.7. The van der Waals surface area contributed by atoms with E-state index in [-0.39, 0.29) is 12.5 Å². The van der Waals surface area contributed by atoms with Crippen molar-refractivity contribution in [2.45, 2.75) is 77.4 Å². The van der Waals surface area contributed by atoms with E-state index >= 15 is 0 Å². The van der Waals surface area contributed by atoms with Gasteiger partial charge in [-0.3, -0.25) is 4.79 Å². The summed E-state index contributed by atoms with van der Waals surface area (Å²) >= 11 is 0. The van der Waals surface area contributed by atoms with E-state index in [2.05, 4.69) is 11.1 Å². The molecule has 10 nitrogen and oxygen atoms in total. The number of carbonyl (C=O) groups is 3. The van der Waals surface area contributed by atoms with Gasteiger partial charge in [-0.05, 0) is 91.0 Å². The van der Waals surface area contributed by atoms with Crippen molar-refractivity contribution in [3.8, 4) is 11.8 Å². The first kappa shape index (κ1) is 27.7. The molecule has 1 aromatic carbocycles. The van der Waals surface area contributed by atoms with Gasteiger partial charge in [0.05, 0.1) is 23.7 Å². The number of imide groups is 1. The smallest absolute Gasteiger partial charge is 0.419 e. The first-order chi connectivity index (χ1) is 17.2. The molecular weight excluding hydrogens is 476 g/mol. The summed E-state index contributed by atoms with van der Waals surface area (Å²) in [5, 5.41) is 19.1. The number of amides is 2. The first-order valence-corrected chi connectivity index (χ1v) is 12.2. The van der Waals surface area contributed by atoms with Crippen LogP contribution in [-0.2, 0) is 19.7 Å². The minimum atomic E-state index is -1.12. The molecule has 2 amide bonds. The highest BCUT2D eigenvalue weighted by molar-refractivity contribution is 5.88. The van der Waals surface area contributed by atoms with E-state index in [1.165, 1.54) is 0 Å². The van der Waals surface area contributed by atoms with Crippen molar-refractivity contribution < 1.29 is 29.0 Å². The second-order valence-electron chi connectivity index (χ2n) is 11.3. The van der Waals surface area contributed by atoms with E-state index in [4.69, 9.17) is 14.7 Å². The Morgan fingerprint density at radius 2 is 1.68 bits per heavy atom. The van der Waals surface area contributed by atoms with Gasteiger partial charge < -0.3 is 19.1 Å². The predicted molar refractivity (Wildman–Crippen MR) is 134 cm³/mol. The van der Waals surface area contributed by atoms with E-state index in [0.29, 0.717) is 30.5 Å². The summed E-state index contributed by atoms with van der Waals surface area (Å²) in [7, 11) is 0. The van der Waals surface area contributed by atoms with Crippen LogP contribution in [0.3, 0.4) is 0 Å². The third-order valence-electron chi connectivity index (χ3n) is 5.98. The quantitative estimate of drug-likeness (QED) is 0.547. The van der Waals surface area contributed by atoms with Crippen molar-refractivity contribution >= 4 is 18.2 Å². The number of aromatic nitrogens is 2.